The average molecular weight is 394 g/mol. The Morgan fingerprint density at radius 3 is 2.54 bits per heavy atom. The molecule has 0 saturated carbocycles. The van der Waals surface area contributed by atoms with E-state index >= 15 is 0 Å². The van der Waals surface area contributed by atoms with Crippen molar-refractivity contribution in [1.29, 1.82) is 0 Å². The number of carboxylic acids is 1. The molecule has 26 heavy (non-hydrogen) atoms. The van der Waals surface area contributed by atoms with Crippen LogP contribution in [-0.4, -0.2) is 42.8 Å². The van der Waals surface area contributed by atoms with E-state index in [9.17, 15) is 18.0 Å². The Hall–Kier alpha value is -2.23. The van der Waals surface area contributed by atoms with Crippen LogP contribution in [0.2, 0.25) is 0 Å². The van der Waals surface area contributed by atoms with Crippen molar-refractivity contribution < 1.29 is 23.1 Å². The summed E-state index contributed by atoms with van der Waals surface area (Å²) in [5, 5.41) is 13.3. The van der Waals surface area contributed by atoms with Crippen LogP contribution in [-0.2, 0) is 14.8 Å². The maximum absolute atomic E-state index is 12.6. The third-order valence-electron chi connectivity index (χ3n) is 4.24. The predicted octanol–water partition coefficient (Wildman–Crippen LogP) is 2.49. The van der Waals surface area contributed by atoms with Gasteiger partial charge in [0.15, 0.2) is 0 Å². The number of aromatic carboxylic acids is 1. The Labute approximate surface area is 155 Å². The first-order valence-corrected chi connectivity index (χ1v) is 10.4. The van der Waals surface area contributed by atoms with Gasteiger partial charge in [-0.3, -0.25) is 4.79 Å². The number of carbonyl (C=O) groups excluding carboxylic acids is 1. The average Bonchev–Trinajstić information content (AvgIpc) is 3.18. The van der Waals surface area contributed by atoms with Crippen LogP contribution in [0.25, 0.3) is 0 Å². The van der Waals surface area contributed by atoms with Crippen molar-refractivity contribution in [3.8, 4) is 0 Å². The second kappa shape index (κ2) is 7.56. The summed E-state index contributed by atoms with van der Waals surface area (Å²) in [4.78, 5) is 23.4. The summed E-state index contributed by atoms with van der Waals surface area (Å²) < 4.78 is 26.9. The normalized spacial score (nSPS) is 18.4. The summed E-state index contributed by atoms with van der Waals surface area (Å²) in [6.07, 6.45) is 1.22. The van der Waals surface area contributed by atoms with Crippen molar-refractivity contribution in [3.63, 3.8) is 0 Å². The smallest absolute Gasteiger partial charge is 0.335 e. The van der Waals surface area contributed by atoms with Crippen LogP contribution in [0.15, 0.2) is 46.0 Å². The highest BCUT2D eigenvalue weighted by Crippen LogP contribution is 2.27. The number of carboxylic acid groups (broad SMARTS) is 1. The number of benzene rings is 1. The zero-order valence-electron chi connectivity index (χ0n) is 13.8. The Kier molecular flexibility index (Phi) is 5.40. The summed E-state index contributed by atoms with van der Waals surface area (Å²) in [5.74, 6) is -1.75. The number of nitrogens with one attached hydrogen (secondary N) is 1. The Morgan fingerprint density at radius 2 is 1.92 bits per heavy atom. The lowest BCUT2D eigenvalue weighted by molar-refractivity contribution is -0.120. The summed E-state index contributed by atoms with van der Waals surface area (Å²) in [6.45, 7) is 0.538. The van der Waals surface area contributed by atoms with Crippen LogP contribution in [0, 0.1) is 5.92 Å². The molecule has 1 aliphatic rings. The van der Waals surface area contributed by atoms with Gasteiger partial charge in [-0.05, 0) is 48.6 Å². The van der Waals surface area contributed by atoms with Gasteiger partial charge >= 0.3 is 5.97 Å². The SMILES string of the molecule is O=C(O)c1ccc(NC(=O)C2CCCN(S(=O)(=O)c3cccs3)C2)cc1. The first-order chi connectivity index (χ1) is 12.4. The van der Waals surface area contributed by atoms with Gasteiger partial charge in [0.05, 0.1) is 11.5 Å². The van der Waals surface area contributed by atoms with Crippen molar-refractivity contribution in [2.75, 3.05) is 18.4 Å². The molecule has 138 valence electrons. The molecule has 1 atom stereocenters. The predicted molar refractivity (Wildman–Crippen MR) is 97.8 cm³/mol. The molecular formula is C17H18N2O5S2. The van der Waals surface area contributed by atoms with Crippen molar-refractivity contribution in [2.24, 2.45) is 5.92 Å². The van der Waals surface area contributed by atoms with E-state index in [1.807, 2.05) is 0 Å². The number of carbonyl (C=O) groups is 2. The molecule has 0 spiro atoms. The molecule has 0 aliphatic carbocycles. The number of nitrogens with zero attached hydrogens (tertiary/aromatic N) is 1. The Morgan fingerprint density at radius 1 is 1.19 bits per heavy atom. The molecule has 0 bridgehead atoms. The second-order valence-electron chi connectivity index (χ2n) is 6.01. The van der Waals surface area contributed by atoms with Gasteiger partial charge in [0.1, 0.15) is 4.21 Å². The van der Waals surface area contributed by atoms with Crippen LogP contribution >= 0.6 is 11.3 Å². The van der Waals surface area contributed by atoms with Crippen LogP contribution in [0.1, 0.15) is 23.2 Å². The lowest BCUT2D eigenvalue weighted by atomic mass is 9.98. The fourth-order valence-corrected chi connectivity index (χ4v) is 5.52. The molecule has 9 heteroatoms. The van der Waals surface area contributed by atoms with E-state index < -0.39 is 21.9 Å². The third kappa shape index (κ3) is 3.95. The minimum absolute atomic E-state index is 0.133. The van der Waals surface area contributed by atoms with Crippen LogP contribution < -0.4 is 5.32 Å². The van der Waals surface area contributed by atoms with Gasteiger partial charge in [-0.15, -0.1) is 11.3 Å². The zero-order chi connectivity index (χ0) is 18.7. The van der Waals surface area contributed by atoms with E-state index in [1.54, 1.807) is 17.5 Å². The van der Waals surface area contributed by atoms with E-state index in [2.05, 4.69) is 5.32 Å². The highest BCUT2D eigenvalue weighted by molar-refractivity contribution is 7.91. The fourth-order valence-electron chi connectivity index (χ4n) is 2.85. The topological polar surface area (TPSA) is 104 Å². The lowest BCUT2D eigenvalue weighted by Crippen LogP contribution is -2.43. The summed E-state index contributed by atoms with van der Waals surface area (Å²) in [6, 6.07) is 9.10. The Balaban J connectivity index is 1.67. The monoisotopic (exact) mass is 394 g/mol. The maximum atomic E-state index is 12.6. The number of hydrogen-bond donors (Lipinski definition) is 2. The molecule has 3 rings (SSSR count). The third-order valence-corrected chi connectivity index (χ3v) is 7.48. The number of amides is 1. The van der Waals surface area contributed by atoms with Crippen molar-refractivity contribution in [3.05, 3.63) is 47.3 Å². The van der Waals surface area contributed by atoms with Gasteiger partial charge in [-0.2, -0.15) is 4.31 Å². The highest BCUT2D eigenvalue weighted by Gasteiger charge is 2.33. The van der Waals surface area contributed by atoms with E-state index in [1.165, 1.54) is 28.6 Å². The van der Waals surface area contributed by atoms with Gasteiger partial charge in [0, 0.05) is 18.8 Å². The second-order valence-corrected chi connectivity index (χ2v) is 9.12. The van der Waals surface area contributed by atoms with E-state index in [0.717, 1.165) is 11.3 Å². The molecule has 1 aromatic carbocycles. The fraction of sp³-hybridized carbons (Fsp3) is 0.294. The number of hydrogen-bond acceptors (Lipinski definition) is 5. The first kappa shape index (κ1) is 18.6. The number of piperidine rings is 1. The minimum atomic E-state index is -3.57. The van der Waals surface area contributed by atoms with Crippen molar-refractivity contribution >= 4 is 38.9 Å². The van der Waals surface area contributed by atoms with E-state index in [0.29, 0.717) is 25.1 Å². The van der Waals surface area contributed by atoms with Crippen molar-refractivity contribution in [1.82, 2.24) is 4.31 Å². The van der Waals surface area contributed by atoms with Crippen molar-refractivity contribution in [2.45, 2.75) is 17.1 Å². The van der Waals surface area contributed by atoms with E-state index in [4.69, 9.17) is 5.11 Å². The van der Waals surface area contributed by atoms with E-state index in [-0.39, 0.29) is 22.2 Å². The molecule has 1 aromatic heterocycles. The quantitative estimate of drug-likeness (QED) is 0.811. The summed E-state index contributed by atoms with van der Waals surface area (Å²) in [5.41, 5.74) is 0.618. The van der Waals surface area contributed by atoms with Gasteiger partial charge < -0.3 is 10.4 Å². The molecule has 7 nitrogen and oxygen atoms in total. The highest BCUT2D eigenvalue weighted by atomic mass is 32.2. The molecule has 2 aromatic rings. The van der Waals surface area contributed by atoms with Crippen LogP contribution in [0.5, 0.6) is 0 Å². The maximum Gasteiger partial charge on any atom is 0.335 e. The molecule has 1 fully saturated rings. The van der Waals surface area contributed by atoms with Crippen LogP contribution in [0.4, 0.5) is 5.69 Å². The van der Waals surface area contributed by atoms with Gasteiger partial charge in [0.25, 0.3) is 10.0 Å². The van der Waals surface area contributed by atoms with Gasteiger partial charge in [-0.25, -0.2) is 13.2 Å². The zero-order valence-corrected chi connectivity index (χ0v) is 15.4. The number of rotatable bonds is 5. The van der Waals surface area contributed by atoms with Crippen LogP contribution in [0.3, 0.4) is 0 Å². The Bertz CT molecular complexity index is 892. The largest absolute Gasteiger partial charge is 0.478 e. The number of anilines is 1. The molecular weight excluding hydrogens is 376 g/mol. The molecule has 1 amide bonds. The molecule has 1 unspecified atom stereocenters. The minimum Gasteiger partial charge on any atom is -0.478 e. The molecule has 1 aliphatic heterocycles. The molecule has 0 radical (unpaired) electrons. The lowest BCUT2D eigenvalue weighted by Gasteiger charge is -2.30. The first-order valence-electron chi connectivity index (χ1n) is 8.06. The molecule has 2 heterocycles. The summed E-state index contributed by atoms with van der Waals surface area (Å²) in [7, 11) is -3.57. The van der Waals surface area contributed by atoms with Gasteiger partial charge in [-0.1, -0.05) is 6.07 Å². The standard InChI is InChI=1S/C17H18N2O5S2/c20-16(18-14-7-5-12(6-8-14)17(21)22)13-3-1-9-19(11-13)26(23,24)15-4-2-10-25-15/h2,4-8,10,13H,1,3,9,11H2,(H,18,20)(H,21,22). The molecule has 1 saturated heterocycles. The summed E-state index contributed by atoms with van der Waals surface area (Å²) >= 11 is 1.16. The van der Waals surface area contributed by atoms with Gasteiger partial charge in [0.2, 0.25) is 5.91 Å². The molecule has 2 N–H and O–H groups in total. The number of thiophene rings is 1. The number of sulfonamides is 1.